The Morgan fingerprint density at radius 3 is 2.42 bits per heavy atom. The number of nitrogens with zero attached hydrogens (tertiary/aromatic N) is 1. The molecular formula is C15H10F3NO6S. The van der Waals surface area contributed by atoms with E-state index in [0.29, 0.717) is 6.07 Å². The second-order valence-corrected chi connectivity index (χ2v) is 6.81. The zero-order chi connectivity index (χ0) is 19.3. The second-order valence-electron chi connectivity index (χ2n) is 5.33. The van der Waals surface area contributed by atoms with Crippen molar-refractivity contribution in [3.8, 4) is 5.75 Å². The van der Waals surface area contributed by atoms with Crippen molar-refractivity contribution < 1.29 is 34.7 Å². The van der Waals surface area contributed by atoms with Crippen molar-refractivity contribution in [2.75, 3.05) is 0 Å². The Morgan fingerprint density at radius 2 is 1.85 bits per heavy atom. The van der Waals surface area contributed by atoms with E-state index in [9.17, 15) is 26.4 Å². The predicted molar refractivity (Wildman–Crippen MR) is 81.3 cm³/mol. The first-order valence-electron chi connectivity index (χ1n) is 7.01. The maximum absolute atomic E-state index is 13.0. The predicted octanol–water partition coefficient (Wildman–Crippen LogP) is 3.18. The molecular weight excluding hydrogens is 379 g/mol. The maximum Gasteiger partial charge on any atom is 0.417 e. The van der Waals surface area contributed by atoms with Crippen LogP contribution in [0.1, 0.15) is 17.0 Å². The number of alkyl halides is 3. The Bertz CT molecular complexity index is 1140. The average Bonchev–Trinajstić information content (AvgIpc) is 2.84. The third-order valence-corrected chi connectivity index (χ3v) is 4.94. The zero-order valence-electron chi connectivity index (χ0n) is 13.2. The number of fused-ring (bicyclic) bond motifs is 1. The fraction of sp³-hybridized carbons (Fsp3) is 0.200. The van der Waals surface area contributed by atoms with Crippen LogP contribution in [0.3, 0.4) is 0 Å². The van der Waals surface area contributed by atoms with Gasteiger partial charge in [0, 0.05) is 17.5 Å². The number of halogens is 3. The van der Waals surface area contributed by atoms with Crippen molar-refractivity contribution in [2.45, 2.75) is 24.9 Å². The Labute approximate surface area is 144 Å². The van der Waals surface area contributed by atoms with E-state index in [-0.39, 0.29) is 22.1 Å². The highest BCUT2D eigenvalue weighted by atomic mass is 32.2. The molecule has 3 aromatic rings. The van der Waals surface area contributed by atoms with Crippen LogP contribution in [0.2, 0.25) is 0 Å². The minimum atomic E-state index is -4.78. The minimum Gasteiger partial charge on any atom is -0.423 e. The first kappa shape index (κ1) is 18.0. The fourth-order valence-electron chi connectivity index (χ4n) is 2.43. The Kier molecular flexibility index (Phi) is 4.06. The average molecular weight is 389 g/mol. The number of hydrogen-bond donors (Lipinski definition) is 0. The summed E-state index contributed by atoms with van der Waals surface area (Å²) in [5, 5.41) is 3.10. The van der Waals surface area contributed by atoms with Crippen molar-refractivity contribution >= 4 is 21.1 Å². The van der Waals surface area contributed by atoms with Gasteiger partial charge in [0.1, 0.15) is 17.0 Å². The molecule has 0 fully saturated rings. The molecule has 0 radical (unpaired) electrons. The molecule has 2 aromatic heterocycles. The molecule has 0 atom stereocenters. The van der Waals surface area contributed by atoms with Gasteiger partial charge in [0.2, 0.25) is 0 Å². The summed E-state index contributed by atoms with van der Waals surface area (Å²) in [5.74, 6) is -0.339. The molecule has 0 amide bonds. The lowest BCUT2D eigenvalue weighted by Crippen LogP contribution is -2.12. The van der Waals surface area contributed by atoms with E-state index in [0.717, 1.165) is 18.2 Å². The summed E-state index contributed by atoms with van der Waals surface area (Å²) in [6.45, 7) is 2.76. The summed E-state index contributed by atoms with van der Waals surface area (Å²) in [5.41, 5.74) is -2.81. The van der Waals surface area contributed by atoms with Gasteiger partial charge in [0.25, 0.3) is 0 Å². The van der Waals surface area contributed by atoms with Crippen LogP contribution in [-0.2, 0) is 16.3 Å². The van der Waals surface area contributed by atoms with E-state index in [1.54, 1.807) is 0 Å². The normalized spacial score (nSPS) is 12.5. The van der Waals surface area contributed by atoms with Crippen molar-refractivity contribution in [1.29, 1.82) is 0 Å². The molecule has 2 heterocycles. The highest BCUT2D eigenvalue weighted by Gasteiger charge is 2.34. The topological polar surface area (TPSA) is 99.6 Å². The molecule has 11 heteroatoms. The molecule has 1 aromatic carbocycles. The first-order valence-corrected chi connectivity index (χ1v) is 8.42. The third-order valence-electron chi connectivity index (χ3n) is 3.45. The standard InChI is InChI=1S/C15H10F3NO6S/c1-7-14(8(2)24-19-7)26(21,22)25-9-3-4-10-11(15(16,17)18)6-13(20)23-12(10)5-9/h3-6H,1-2H3. The summed E-state index contributed by atoms with van der Waals surface area (Å²) in [7, 11) is -4.35. The van der Waals surface area contributed by atoms with Gasteiger partial charge in [-0.05, 0) is 26.0 Å². The molecule has 0 N–H and O–H groups in total. The van der Waals surface area contributed by atoms with Gasteiger partial charge in [0.05, 0.1) is 5.56 Å². The fourth-order valence-corrected chi connectivity index (χ4v) is 3.66. The van der Waals surface area contributed by atoms with Crippen LogP contribution in [-0.4, -0.2) is 13.6 Å². The van der Waals surface area contributed by atoms with Gasteiger partial charge in [-0.25, -0.2) is 4.79 Å². The summed E-state index contributed by atoms with van der Waals surface area (Å²) in [6.07, 6.45) is -4.78. The summed E-state index contributed by atoms with van der Waals surface area (Å²) in [6, 6.07) is 3.19. The van der Waals surface area contributed by atoms with Crippen LogP contribution in [0, 0.1) is 13.8 Å². The summed E-state index contributed by atoms with van der Waals surface area (Å²) in [4.78, 5) is 11.1. The lowest BCUT2D eigenvalue weighted by atomic mass is 10.1. The molecule has 26 heavy (non-hydrogen) atoms. The van der Waals surface area contributed by atoms with Gasteiger partial charge in [0.15, 0.2) is 10.7 Å². The van der Waals surface area contributed by atoms with Crippen LogP contribution in [0.25, 0.3) is 11.0 Å². The molecule has 0 spiro atoms. The van der Waals surface area contributed by atoms with E-state index < -0.39 is 38.5 Å². The number of hydrogen-bond acceptors (Lipinski definition) is 7. The molecule has 0 saturated heterocycles. The molecule has 0 aliphatic carbocycles. The van der Waals surface area contributed by atoms with E-state index in [1.807, 2.05) is 0 Å². The number of rotatable bonds is 3. The molecule has 0 aliphatic heterocycles. The van der Waals surface area contributed by atoms with Gasteiger partial charge in [-0.2, -0.15) is 21.6 Å². The highest BCUT2D eigenvalue weighted by Crippen LogP contribution is 2.35. The van der Waals surface area contributed by atoms with Crippen molar-refractivity contribution in [1.82, 2.24) is 5.16 Å². The number of aromatic nitrogens is 1. The molecule has 0 saturated carbocycles. The lowest BCUT2D eigenvalue weighted by Gasteiger charge is -2.10. The van der Waals surface area contributed by atoms with Crippen LogP contribution in [0.15, 0.2) is 42.9 Å². The Hall–Kier alpha value is -2.82. The van der Waals surface area contributed by atoms with Crippen molar-refractivity contribution in [3.63, 3.8) is 0 Å². The Balaban J connectivity index is 2.10. The second kappa shape index (κ2) is 5.87. The zero-order valence-corrected chi connectivity index (χ0v) is 14.1. The highest BCUT2D eigenvalue weighted by molar-refractivity contribution is 7.87. The van der Waals surface area contributed by atoms with Crippen LogP contribution >= 0.6 is 0 Å². The largest absolute Gasteiger partial charge is 0.423 e. The van der Waals surface area contributed by atoms with Crippen LogP contribution < -0.4 is 9.81 Å². The lowest BCUT2D eigenvalue weighted by molar-refractivity contribution is -0.136. The van der Waals surface area contributed by atoms with Crippen molar-refractivity contribution in [3.05, 3.63) is 51.7 Å². The quantitative estimate of drug-likeness (QED) is 0.501. The van der Waals surface area contributed by atoms with Gasteiger partial charge in [-0.15, -0.1) is 0 Å². The summed E-state index contributed by atoms with van der Waals surface area (Å²) >= 11 is 0. The maximum atomic E-state index is 13.0. The molecule has 0 aliphatic rings. The van der Waals surface area contributed by atoms with Crippen LogP contribution in [0.5, 0.6) is 5.75 Å². The molecule has 0 unspecified atom stereocenters. The van der Waals surface area contributed by atoms with Gasteiger partial charge in [-0.3, -0.25) is 0 Å². The first-order chi connectivity index (χ1) is 12.0. The SMILES string of the molecule is Cc1noc(C)c1S(=O)(=O)Oc1ccc2c(C(F)(F)F)cc(=O)oc2c1. The number of aryl methyl sites for hydroxylation is 2. The number of benzene rings is 1. The van der Waals surface area contributed by atoms with E-state index >= 15 is 0 Å². The van der Waals surface area contributed by atoms with Gasteiger partial charge < -0.3 is 13.1 Å². The van der Waals surface area contributed by atoms with Gasteiger partial charge >= 0.3 is 21.9 Å². The van der Waals surface area contributed by atoms with E-state index in [2.05, 4.69) is 5.16 Å². The van der Waals surface area contributed by atoms with Crippen LogP contribution in [0.4, 0.5) is 13.2 Å². The van der Waals surface area contributed by atoms with Gasteiger partial charge in [-0.1, -0.05) is 5.16 Å². The molecule has 0 bridgehead atoms. The van der Waals surface area contributed by atoms with E-state index in [4.69, 9.17) is 13.1 Å². The monoisotopic (exact) mass is 389 g/mol. The molecule has 3 rings (SSSR count). The van der Waals surface area contributed by atoms with Crippen molar-refractivity contribution in [2.24, 2.45) is 0 Å². The van der Waals surface area contributed by atoms with E-state index in [1.165, 1.54) is 13.8 Å². The molecule has 138 valence electrons. The minimum absolute atomic E-state index is 0.00539. The smallest absolute Gasteiger partial charge is 0.417 e. The Morgan fingerprint density at radius 1 is 1.15 bits per heavy atom. The molecule has 7 nitrogen and oxygen atoms in total. The third kappa shape index (κ3) is 3.17. The summed E-state index contributed by atoms with van der Waals surface area (Å²) < 4.78 is 78.1.